The van der Waals surface area contributed by atoms with Crippen molar-refractivity contribution in [3.8, 4) is 0 Å². The van der Waals surface area contributed by atoms with Crippen molar-refractivity contribution in [2.24, 2.45) is 0 Å². The minimum absolute atomic E-state index is 0.0607. The molecule has 0 saturated carbocycles. The lowest BCUT2D eigenvalue weighted by Crippen LogP contribution is -2.19. The number of hydrogen-bond donors (Lipinski definition) is 0. The van der Waals surface area contributed by atoms with E-state index in [0.717, 1.165) is 6.07 Å². The third kappa shape index (κ3) is 4.12. The van der Waals surface area contributed by atoms with Gasteiger partial charge in [0.1, 0.15) is 5.78 Å². The maximum absolute atomic E-state index is 12.7. The summed E-state index contributed by atoms with van der Waals surface area (Å²) < 4.78 is 38.2. The Morgan fingerprint density at radius 2 is 1.94 bits per heavy atom. The Hall–Kier alpha value is -0.840. The Morgan fingerprint density at radius 3 is 2.50 bits per heavy atom. The third-order valence-corrected chi connectivity index (χ3v) is 3.40. The highest BCUT2D eigenvalue weighted by Crippen LogP contribution is 2.33. The lowest BCUT2D eigenvalue weighted by Gasteiger charge is -2.14. The van der Waals surface area contributed by atoms with Crippen molar-refractivity contribution in [1.29, 1.82) is 0 Å². The second kappa shape index (κ2) is 6.36. The molecule has 18 heavy (non-hydrogen) atoms. The SMILES string of the molecule is CCCC(=O)C(Br)Cc1ccccc1C(F)(F)F. The number of alkyl halides is 4. The van der Waals surface area contributed by atoms with E-state index < -0.39 is 16.6 Å². The Kier molecular flexibility index (Phi) is 5.38. The van der Waals surface area contributed by atoms with Gasteiger partial charge in [0.15, 0.2) is 0 Å². The Balaban J connectivity index is 2.88. The summed E-state index contributed by atoms with van der Waals surface area (Å²) in [6.07, 6.45) is -3.24. The molecule has 0 aromatic heterocycles. The Bertz CT molecular complexity index is 415. The summed E-state index contributed by atoms with van der Waals surface area (Å²) in [6, 6.07) is 5.35. The van der Waals surface area contributed by atoms with Gasteiger partial charge >= 0.3 is 6.18 Å². The molecule has 1 atom stereocenters. The molecule has 0 aliphatic carbocycles. The summed E-state index contributed by atoms with van der Waals surface area (Å²) >= 11 is 3.17. The van der Waals surface area contributed by atoms with Crippen molar-refractivity contribution in [3.05, 3.63) is 35.4 Å². The van der Waals surface area contributed by atoms with Crippen LogP contribution in [0.3, 0.4) is 0 Å². The predicted octanol–water partition coefficient (Wildman–Crippen LogP) is 4.38. The molecule has 0 amide bonds. The topological polar surface area (TPSA) is 17.1 Å². The van der Waals surface area contributed by atoms with Crippen LogP contribution in [0.15, 0.2) is 24.3 Å². The number of ketones is 1. The van der Waals surface area contributed by atoms with Crippen LogP contribution in [-0.2, 0) is 17.4 Å². The molecule has 0 radical (unpaired) electrons. The summed E-state index contributed by atoms with van der Waals surface area (Å²) in [5, 5.41) is 0. The summed E-state index contributed by atoms with van der Waals surface area (Å²) in [4.78, 5) is 11.0. The van der Waals surface area contributed by atoms with Gasteiger partial charge in [0, 0.05) is 6.42 Å². The smallest absolute Gasteiger partial charge is 0.298 e. The fourth-order valence-electron chi connectivity index (χ4n) is 1.68. The maximum atomic E-state index is 12.7. The number of carbonyl (C=O) groups excluding carboxylic acids is 1. The molecular weight excluding hydrogens is 309 g/mol. The summed E-state index contributed by atoms with van der Waals surface area (Å²) in [7, 11) is 0. The molecule has 5 heteroatoms. The zero-order chi connectivity index (χ0) is 13.8. The highest BCUT2D eigenvalue weighted by Gasteiger charge is 2.33. The van der Waals surface area contributed by atoms with Gasteiger partial charge < -0.3 is 0 Å². The van der Waals surface area contributed by atoms with E-state index in [9.17, 15) is 18.0 Å². The number of carbonyl (C=O) groups is 1. The molecule has 1 unspecified atom stereocenters. The zero-order valence-electron chi connectivity index (χ0n) is 9.93. The van der Waals surface area contributed by atoms with Crippen molar-refractivity contribution >= 4 is 21.7 Å². The highest BCUT2D eigenvalue weighted by molar-refractivity contribution is 9.10. The van der Waals surface area contributed by atoms with Crippen LogP contribution in [0.25, 0.3) is 0 Å². The van der Waals surface area contributed by atoms with Gasteiger partial charge in [0.25, 0.3) is 0 Å². The average molecular weight is 323 g/mol. The van der Waals surface area contributed by atoms with E-state index in [2.05, 4.69) is 15.9 Å². The zero-order valence-corrected chi connectivity index (χ0v) is 11.5. The van der Waals surface area contributed by atoms with Crippen molar-refractivity contribution in [2.45, 2.75) is 37.2 Å². The predicted molar refractivity (Wildman–Crippen MR) is 67.8 cm³/mol. The molecule has 0 aliphatic heterocycles. The van der Waals surface area contributed by atoms with Gasteiger partial charge in [-0.3, -0.25) is 4.79 Å². The fraction of sp³-hybridized carbons (Fsp3) is 0.462. The first-order chi connectivity index (χ1) is 8.36. The summed E-state index contributed by atoms with van der Waals surface area (Å²) in [6.45, 7) is 1.86. The normalized spacial score (nSPS) is 13.4. The van der Waals surface area contributed by atoms with E-state index >= 15 is 0 Å². The van der Waals surface area contributed by atoms with Crippen molar-refractivity contribution in [1.82, 2.24) is 0 Å². The van der Waals surface area contributed by atoms with Crippen LogP contribution < -0.4 is 0 Å². The fourth-order valence-corrected chi connectivity index (χ4v) is 2.26. The Labute approximate surface area is 113 Å². The summed E-state index contributed by atoms with van der Waals surface area (Å²) in [5.41, 5.74) is -0.518. The van der Waals surface area contributed by atoms with Crippen LogP contribution in [0, 0.1) is 0 Å². The van der Waals surface area contributed by atoms with E-state index in [0.29, 0.717) is 12.8 Å². The van der Waals surface area contributed by atoms with E-state index in [1.54, 1.807) is 6.07 Å². The molecule has 1 aromatic carbocycles. The second-order valence-corrected chi connectivity index (χ2v) is 5.15. The molecule has 0 aliphatic rings. The van der Waals surface area contributed by atoms with Crippen LogP contribution in [0.2, 0.25) is 0 Å². The first-order valence-corrected chi connectivity index (χ1v) is 6.59. The second-order valence-electron chi connectivity index (χ2n) is 4.04. The van der Waals surface area contributed by atoms with Crippen molar-refractivity contribution < 1.29 is 18.0 Å². The number of rotatable bonds is 5. The number of Topliss-reactive ketones (excluding diaryl/α,β-unsaturated/α-hetero) is 1. The van der Waals surface area contributed by atoms with Crippen LogP contribution in [0.1, 0.15) is 30.9 Å². The lowest BCUT2D eigenvalue weighted by atomic mass is 10.00. The molecule has 0 saturated heterocycles. The van der Waals surface area contributed by atoms with E-state index in [4.69, 9.17) is 0 Å². The first kappa shape index (κ1) is 15.2. The molecule has 100 valence electrons. The molecule has 0 bridgehead atoms. The van der Waals surface area contributed by atoms with Crippen LogP contribution >= 0.6 is 15.9 Å². The van der Waals surface area contributed by atoms with E-state index in [-0.39, 0.29) is 17.8 Å². The average Bonchev–Trinajstić information content (AvgIpc) is 2.28. The highest BCUT2D eigenvalue weighted by atomic mass is 79.9. The van der Waals surface area contributed by atoms with E-state index in [1.165, 1.54) is 12.1 Å². The number of hydrogen-bond acceptors (Lipinski definition) is 1. The van der Waals surface area contributed by atoms with Gasteiger partial charge in [-0.05, 0) is 24.5 Å². The van der Waals surface area contributed by atoms with Crippen LogP contribution in [0.5, 0.6) is 0 Å². The molecule has 1 aromatic rings. The minimum atomic E-state index is -4.38. The lowest BCUT2D eigenvalue weighted by molar-refractivity contribution is -0.138. The first-order valence-electron chi connectivity index (χ1n) is 5.68. The molecule has 0 fully saturated rings. The van der Waals surface area contributed by atoms with Crippen molar-refractivity contribution in [3.63, 3.8) is 0 Å². The van der Waals surface area contributed by atoms with Crippen LogP contribution in [0.4, 0.5) is 13.2 Å². The van der Waals surface area contributed by atoms with Gasteiger partial charge in [0.2, 0.25) is 0 Å². The molecule has 0 N–H and O–H groups in total. The van der Waals surface area contributed by atoms with Crippen LogP contribution in [-0.4, -0.2) is 10.6 Å². The Morgan fingerprint density at radius 1 is 1.33 bits per heavy atom. The quantitative estimate of drug-likeness (QED) is 0.735. The molecule has 1 rings (SSSR count). The molecule has 0 heterocycles. The summed E-state index contributed by atoms with van der Waals surface area (Å²) in [5.74, 6) is -0.0607. The van der Waals surface area contributed by atoms with Gasteiger partial charge in [-0.1, -0.05) is 41.1 Å². The molecule has 0 spiro atoms. The van der Waals surface area contributed by atoms with Gasteiger partial charge in [-0.15, -0.1) is 0 Å². The number of benzene rings is 1. The largest absolute Gasteiger partial charge is 0.416 e. The number of halogens is 4. The van der Waals surface area contributed by atoms with Gasteiger partial charge in [0.05, 0.1) is 10.4 Å². The third-order valence-electron chi connectivity index (χ3n) is 2.57. The maximum Gasteiger partial charge on any atom is 0.416 e. The van der Waals surface area contributed by atoms with Gasteiger partial charge in [-0.2, -0.15) is 13.2 Å². The minimum Gasteiger partial charge on any atom is -0.298 e. The van der Waals surface area contributed by atoms with Gasteiger partial charge in [-0.25, -0.2) is 0 Å². The molecular formula is C13H14BrF3O. The monoisotopic (exact) mass is 322 g/mol. The van der Waals surface area contributed by atoms with Crippen molar-refractivity contribution in [2.75, 3.05) is 0 Å². The standard InChI is InChI=1S/C13H14BrF3O/c1-2-5-12(18)11(14)8-9-6-3-4-7-10(9)13(15,16)17/h3-4,6-7,11H,2,5,8H2,1H3. The van der Waals surface area contributed by atoms with E-state index in [1.807, 2.05) is 6.92 Å². The molecule has 1 nitrogen and oxygen atoms in total.